The van der Waals surface area contributed by atoms with Crippen LogP contribution in [0.2, 0.25) is 5.15 Å². The molecule has 0 aliphatic rings. The molecule has 0 fully saturated rings. The zero-order valence-corrected chi connectivity index (χ0v) is 17.2. The van der Waals surface area contributed by atoms with Gasteiger partial charge in [-0.2, -0.15) is 5.10 Å². The van der Waals surface area contributed by atoms with E-state index < -0.39 is 5.76 Å². The van der Waals surface area contributed by atoms with E-state index in [1.165, 1.54) is 11.6 Å². The Balaban J connectivity index is 1.48. The molecule has 2 heterocycles. The molecule has 0 saturated heterocycles. The number of carbonyl (C=O) groups is 1. The summed E-state index contributed by atoms with van der Waals surface area (Å²) in [6.07, 6.45) is 3.04. The normalized spacial score (nSPS) is 11.4. The summed E-state index contributed by atoms with van der Waals surface area (Å²) in [5, 5.41) is 7.70. The van der Waals surface area contributed by atoms with Gasteiger partial charge in [-0.3, -0.25) is 9.78 Å². The highest BCUT2D eigenvalue weighted by Gasteiger charge is 2.12. The first kappa shape index (κ1) is 19.7. The van der Waals surface area contributed by atoms with Gasteiger partial charge in [0.15, 0.2) is 5.58 Å². The lowest BCUT2D eigenvalue weighted by molar-refractivity contribution is -0.111. The zero-order valence-electron chi connectivity index (χ0n) is 16.4. The van der Waals surface area contributed by atoms with Crippen LogP contribution in [0.15, 0.2) is 57.8 Å². The Bertz CT molecular complexity index is 1310. The molecule has 152 valence electrons. The second-order valence-electron chi connectivity index (χ2n) is 6.98. The molecule has 4 rings (SSSR count). The number of aromatic amines is 1. The van der Waals surface area contributed by atoms with Crippen LogP contribution in [0, 0.1) is 13.8 Å². The van der Waals surface area contributed by atoms with Crippen molar-refractivity contribution in [3.63, 3.8) is 0 Å². The number of rotatable bonds is 5. The Labute approximate surface area is 177 Å². The van der Waals surface area contributed by atoms with E-state index in [4.69, 9.17) is 16.0 Å². The molecule has 0 aliphatic carbocycles. The van der Waals surface area contributed by atoms with Crippen LogP contribution < -0.4 is 11.1 Å². The van der Waals surface area contributed by atoms with Gasteiger partial charge in [0.2, 0.25) is 5.91 Å². The summed E-state index contributed by atoms with van der Waals surface area (Å²) in [5.74, 6) is -0.872. The van der Waals surface area contributed by atoms with Crippen molar-refractivity contribution in [1.82, 2.24) is 14.8 Å². The van der Waals surface area contributed by atoms with Crippen molar-refractivity contribution >= 4 is 40.4 Å². The molecule has 0 spiro atoms. The Morgan fingerprint density at radius 2 is 2.00 bits per heavy atom. The number of aromatic nitrogens is 3. The van der Waals surface area contributed by atoms with E-state index in [-0.39, 0.29) is 5.91 Å². The minimum atomic E-state index is -0.541. The molecule has 0 bridgehead atoms. The third kappa shape index (κ3) is 4.21. The van der Waals surface area contributed by atoms with E-state index >= 15 is 0 Å². The standard InChI is InChI=1S/C22H19ClN4O3/c1-13-3-5-15(6-4-13)12-27-21(23)17(14(2)26-27)8-10-20(28)24-16-7-9-19-18(11-16)25-22(29)30-19/h3-11H,12H2,1-2H3,(H,24,28)(H,25,29)/b10-8+. The number of oxazole rings is 1. The van der Waals surface area contributed by atoms with Gasteiger partial charge < -0.3 is 9.73 Å². The van der Waals surface area contributed by atoms with E-state index in [0.717, 1.165) is 11.3 Å². The first-order valence-corrected chi connectivity index (χ1v) is 9.67. The maximum absolute atomic E-state index is 12.3. The maximum atomic E-state index is 12.3. The molecule has 8 heteroatoms. The third-order valence-electron chi connectivity index (χ3n) is 4.65. The van der Waals surface area contributed by atoms with Gasteiger partial charge >= 0.3 is 5.76 Å². The summed E-state index contributed by atoms with van der Waals surface area (Å²) in [4.78, 5) is 26.1. The fraction of sp³-hybridized carbons (Fsp3) is 0.136. The third-order valence-corrected chi connectivity index (χ3v) is 5.05. The average molecular weight is 423 g/mol. The molecule has 1 amide bonds. The van der Waals surface area contributed by atoms with Gasteiger partial charge in [0.25, 0.3) is 0 Å². The molecule has 0 radical (unpaired) electrons. The molecule has 2 N–H and O–H groups in total. The maximum Gasteiger partial charge on any atom is 0.417 e. The minimum Gasteiger partial charge on any atom is -0.408 e. The monoisotopic (exact) mass is 422 g/mol. The largest absolute Gasteiger partial charge is 0.417 e. The van der Waals surface area contributed by atoms with Crippen LogP contribution in [-0.4, -0.2) is 20.7 Å². The summed E-state index contributed by atoms with van der Waals surface area (Å²) < 4.78 is 6.66. The van der Waals surface area contributed by atoms with Crippen LogP contribution in [-0.2, 0) is 11.3 Å². The van der Waals surface area contributed by atoms with Crippen molar-refractivity contribution in [2.45, 2.75) is 20.4 Å². The number of benzene rings is 2. The fourth-order valence-corrected chi connectivity index (χ4v) is 3.40. The summed E-state index contributed by atoms with van der Waals surface area (Å²) >= 11 is 6.50. The molecule has 0 atom stereocenters. The number of hydrogen-bond donors (Lipinski definition) is 2. The lowest BCUT2D eigenvalue weighted by Gasteiger charge is -2.04. The highest BCUT2D eigenvalue weighted by atomic mass is 35.5. The van der Waals surface area contributed by atoms with Crippen molar-refractivity contribution < 1.29 is 9.21 Å². The SMILES string of the molecule is Cc1ccc(Cn2nc(C)c(/C=C/C(=O)Nc3ccc4oc(=O)[nH]c4c3)c2Cl)cc1. The topological polar surface area (TPSA) is 92.9 Å². The Morgan fingerprint density at radius 3 is 2.77 bits per heavy atom. The second-order valence-corrected chi connectivity index (χ2v) is 7.34. The number of amides is 1. The predicted molar refractivity (Wildman–Crippen MR) is 117 cm³/mol. The smallest absolute Gasteiger partial charge is 0.408 e. The number of H-pyrrole nitrogens is 1. The molecular formula is C22H19ClN4O3. The molecule has 7 nitrogen and oxygen atoms in total. The molecule has 4 aromatic rings. The van der Waals surface area contributed by atoms with Gasteiger partial charge in [-0.25, -0.2) is 9.48 Å². The van der Waals surface area contributed by atoms with Gasteiger partial charge in [-0.1, -0.05) is 41.4 Å². The van der Waals surface area contributed by atoms with Crippen molar-refractivity contribution in [3.8, 4) is 0 Å². The van der Waals surface area contributed by atoms with E-state index in [2.05, 4.69) is 15.4 Å². The Kier molecular flexibility index (Phi) is 5.29. The number of hydrogen-bond acceptors (Lipinski definition) is 4. The summed E-state index contributed by atoms with van der Waals surface area (Å²) in [5.41, 5.74) is 5.17. The molecule has 30 heavy (non-hydrogen) atoms. The molecule has 0 unspecified atom stereocenters. The van der Waals surface area contributed by atoms with E-state index in [0.29, 0.717) is 34.0 Å². The first-order valence-electron chi connectivity index (χ1n) is 9.29. The van der Waals surface area contributed by atoms with Crippen LogP contribution in [0.5, 0.6) is 0 Å². The second kappa shape index (κ2) is 8.04. The molecular weight excluding hydrogens is 404 g/mol. The number of halogens is 1. The quantitative estimate of drug-likeness (QED) is 0.469. The van der Waals surface area contributed by atoms with Crippen molar-refractivity contribution in [3.05, 3.63) is 86.6 Å². The number of fused-ring (bicyclic) bond motifs is 1. The Hall–Kier alpha value is -3.58. The summed E-state index contributed by atoms with van der Waals surface area (Å²) in [6.45, 7) is 4.43. The van der Waals surface area contributed by atoms with Gasteiger partial charge in [0.05, 0.1) is 17.8 Å². The predicted octanol–water partition coefficient (Wildman–Crippen LogP) is 4.29. The average Bonchev–Trinajstić information content (AvgIpc) is 3.20. The zero-order chi connectivity index (χ0) is 21.3. The number of anilines is 1. The lowest BCUT2D eigenvalue weighted by Crippen LogP contribution is -2.07. The van der Waals surface area contributed by atoms with E-state index in [9.17, 15) is 9.59 Å². The highest BCUT2D eigenvalue weighted by molar-refractivity contribution is 6.31. The molecule has 0 aliphatic heterocycles. The lowest BCUT2D eigenvalue weighted by atomic mass is 10.1. The van der Waals surface area contributed by atoms with Gasteiger partial charge in [0.1, 0.15) is 5.15 Å². The van der Waals surface area contributed by atoms with Crippen LogP contribution in [0.1, 0.15) is 22.4 Å². The molecule has 0 saturated carbocycles. The Morgan fingerprint density at radius 1 is 1.23 bits per heavy atom. The van der Waals surface area contributed by atoms with Crippen molar-refractivity contribution in [2.24, 2.45) is 0 Å². The van der Waals surface area contributed by atoms with Crippen LogP contribution in [0.25, 0.3) is 17.2 Å². The van der Waals surface area contributed by atoms with Crippen LogP contribution in [0.3, 0.4) is 0 Å². The van der Waals surface area contributed by atoms with E-state index in [1.807, 2.05) is 38.1 Å². The summed E-state index contributed by atoms with van der Waals surface area (Å²) in [6, 6.07) is 13.1. The van der Waals surface area contributed by atoms with E-state index in [1.54, 1.807) is 29.0 Å². The van der Waals surface area contributed by atoms with Gasteiger partial charge in [-0.05, 0) is 43.7 Å². The van der Waals surface area contributed by atoms with Crippen LogP contribution >= 0.6 is 11.6 Å². The number of nitrogens with zero attached hydrogens (tertiary/aromatic N) is 2. The summed E-state index contributed by atoms with van der Waals surface area (Å²) in [7, 11) is 0. The number of aryl methyl sites for hydroxylation is 2. The first-order chi connectivity index (χ1) is 14.4. The molecule has 2 aromatic carbocycles. The minimum absolute atomic E-state index is 0.332. The number of nitrogens with one attached hydrogen (secondary N) is 2. The van der Waals surface area contributed by atoms with Crippen molar-refractivity contribution in [2.75, 3.05) is 5.32 Å². The van der Waals surface area contributed by atoms with Crippen molar-refractivity contribution in [1.29, 1.82) is 0 Å². The van der Waals surface area contributed by atoms with Gasteiger partial charge in [-0.15, -0.1) is 0 Å². The van der Waals surface area contributed by atoms with Gasteiger partial charge in [0, 0.05) is 17.3 Å². The highest BCUT2D eigenvalue weighted by Crippen LogP contribution is 2.23. The van der Waals surface area contributed by atoms with Crippen LogP contribution in [0.4, 0.5) is 5.69 Å². The fourth-order valence-electron chi connectivity index (χ4n) is 3.10. The number of carbonyl (C=O) groups excluding carboxylic acids is 1. The molecule has 2 aromatic heterocycles.